The van der Waals surface area contributed by atoms with Crippen LogP contribution in [0.1, 0.15) is 5.56 Å². The smallest absolute Gasteiger partial charge is 0.243 e. The molecule has 1 N–H and O–H groups in total. The SMILES string of the molecule is COc1ccc(/C=N/Nc2ncc(-c3ccccc3)cn2)c(OC)c1. The van der Waals surface area contributed by atoms with Crippen LogP contribution in [0, 0.1) is 0 Å². The van der Waals surface area contributed by atoms with Gasteiger partial charge in [-0.3, -0.25) is 0 Å². The lowest BCUT2D eigenvalue weighted by Gasteiger charge is -2.07. The fraction of sp³-hybridized carbons (Fsp3) is 0.105. The predicted molar refractivity (Wildman–Crippen MR) is 98.2 cm³/mol. The number of benzene rings is 2. The fourth-order valence-corrected chi connectivity index (χ4v) is 2.25. The third-order valence-corrected chi connectivity index (χ3v) is 3.57. The molecule has 25 heavy (non-hydrogen) atoms. The van der Waals surface area contributed by atoms with Crippen molar-refractivity contribution in [3.63, 3.8) is 0 Å². The van der Waals surface area contributed by atoms with Crippen LogP contribution in [0.2, 0.25) is 0 Å². The van der Waals surface area contributed by atoms with Gasteiger partial charge in [-0.1, -0.05) is 30.3 Å². The van der Waals surface area contributed by atoms with E-state index < -0.39 is 0 Å². The van der Waals surface area contributed by atoms with E-state index in [1.54, 1.807) is 38.9 Å². The van der Waals surface area contributed by atoms with Crippen LogP contribution >= 0.6 is 0 Å². The summed E-state index contributed by atoms with van der Waals surface area (Å²) in [6.45, 7) is 0. The highest BCUT2D eigenvalue weighted by atomic mass is 16.5. The van der Waals surface area contributed by atoms with Crippen LogP contribution in [0.15, 0.2) is 66.0 Å². The molecule has 3 aromatic rings. The van der Waals surface area contributed by atoms with Crippen molar-refractivity contribution in [1.82, 2.24) is 9.97 Å². The van der Waals surface area contributed by atoms with E-state index in [9.17, 15) is 0 Å². The maximum atomic E-state index is 5.33. The quantitative estimate of drug-likeness (QED) is 0.551. The average Bonchev–Trinajstić information content (AvgIpc) is 2.69. The van der Waals surface area contributed by atoms with Crippen LogP contribution in [0.5, 0.6) is 11.5 Å². The summed E-state index contributed by atoms with van der Waals surface area (Å²) in [5, 5.41) is 4.16. The van der Waals surface area contributed by atoms with E-state index >= 15 is 0 Å². The number of hydrogen-bond acceptors (Lipinski definition) is 6. The molecule has 0 aliphatic carbocycles. The minimum Gasteiger partial charge on any atom is -0.497 e. The Balaban J connectivity index is 1.68. The molecule has 0 radical (unpaired) electrons. The highest BCUT2D eigenvalue weighted by molar-refractivity contribution is 5.84. The largest absolute Gasteiger partial charge is 0.497 e. The molecule has 0 aliphatic heterocycles. The lowest BCUT2D eigenvalue weighted by atomic mass is 10.1. The van der Waals surface area contributed by atoms with Gasteiger partial charge in [0.15, 0.2) is 0 Å². The van der Waals surface area contributed by atoms with E-state index in [2.05, 4.69) is 20.5 Å². The first-order chi connectivity index (χ1) is 12.3. The average molecular weight is 334 g/mol. The number of hydrazone groups is 1. The first kappa shape index (κ1) is 16.4. The van der Waals surface area contributed by atoms with Crippen LogP contribution in [0.4, 0.5) is 5.95 Å². The van der Waals surface area contributed by atoms with E-state index in [0.717, 1.165) is 22.4 Å². The summed E-state index contributed by atoms with van der Waals surface area (Å²) in [6, 6.07) is 15.5. The van der Waals surface area contributed by atoms with Gasteiger partial charge in [-0.25, -0.2) is 15.4 Å². The number of nitrogens with one attached hydrogen (secondary N) is 1. The number of methoxy groups -OCH3 is 2. The molecule has 0 spiro atoms. The number of anilines is 1. The molecule has 126 valence electrons. The van der Waals surface area contributed by atoms with E-state index in [-0.39, 0.29) is 0 Å². The monoisotopic (exact) mass is 334 g/mol. The molecule has 3 rings (SSSR count). The van der Waals surface area contributed by atoms with Gasteiger partial charge in [0.1, 0.15) is 11.5 Å². The molecular formula is C19H18N4O2. The van der Waals surface area contributed by atoms with E-state index in [0.29, 0.717) is 11.7 Å². The normalized spacial score (nSPS) is 10.6. The molecule has 0 saturated heterocycles. The summed E-state index contributed by atoms with van der Waals surface area (Å²) in [4.78, 5) is 8.54. The molecule has 0 fully saturated rings. The lowest BCUT2D eigenvalue weighted by molar-refractivity contribution is 0.394. The van der Waals surface area contributed by atoms with E-state index in [4.69, 9.17) is 9.47 Å². The molecule has 0 aliphatic rings. The summed E-state index contributed by atoms with van der Waals surface area (Å²) >= 11 is 0. The van der Waals surface area contributed by atoms with Crippen molar-refractivity contribution >= 4 is 12.2 Å². The molecule has 0 saturated carbocycles. The van der Waals surface area contributed by atoms with E-state index in [1.807, 2.05) is 42.5 Å². The molecule has 1 aromatic heterocycles. The molecule has 1 heterocycles. The molecule has 6 nitrogen and oxygen atoms in total. The predicted octanol–water partition coefficient (Wildman–Crippen LogP) is 3.61. The number of ether oxygens (including phenoxy) is 2. The van der Waals surface area contributed by atoms with Gasteiger partial charge in [-0.2, -0.15) is 5.10 Å². The fourth-order valence-electron chi connectivity index (χ4n) is 2.25. The van der Waals surface area contributed by atoms with Gasteiger partial charge in [-0.05, 0) is 17.7 Å². The van der Waals surface area contributed by atoms with Gasteiger partial charge in [0.25, 0.3) is 0 Å². The van der Waals surface area contributed by atoms with Crippen LogP contribution in [-0.2, 0) is 0 Å². The zero-order valence-corrected chi connectivity index (χ0v) is 14.0. The van der Waals surface area contributed by atoms with Crippen LogP contribution in [0.3, 0.4) is 0 Å². The van der Waals surface area contributed by atoms with Crippen molar-refractivity contribution in [3.8, 4) is 22.6 Å². The van der Waals surface area contributed by atoms with Gasteiger partial charge in [0, 0.05) is 29.6 Å². The van der Waals surface area contributed by atoms with Gasteiger partial charge in [-0.15, -0.1) is 0 Å². The molecule has 0 atom stereocenters. The Labute approximate surface area is 146 Å². The number of rotatable bonds is 6. The molecule has 0 bridgehead atoms. The Kier molecular flexibility index (Phi) is 5.21. The number of nitrogens with zero attached hydrogens (tertiary/aromatic N) is 3. The van der Waals surface area contributed by atoms with Gasteiger partial charge >= 0.3 is 0 Å². The summed E-state index contributed by atoms with van der Waals surface area (Å²) < 4.78 is 10.5. The van der Waals surface area contributed by atoms with Gasteiger partial charge in [0.2, 0.25) is 5.95 Å². The summed E-state index contributed by atoms with van der Waals surface area (Å²) in [7, 11) is 3.21. The standard InChI is InChI=1S/C19H18N4O2/c1-24-17-9-8-15(18(10-17)25-2)13-22-23-19-20-11-16(12-21-19)14-6-4-3-5-7-14/h3-13H,1-2H3,(H,20,21,23)/b22-13+. The van der Waals surface area contributed by atoms with Crippen molar-refractivity contribution < 1.29 is 9.47 Å². The van der Waals surface area contributed by atoms with Crippen molar-refractivity contribution in [2.45, 2.75) is 0 Å². The van der Waals surface area contributed by atoms with Crippen LogP contribution in [-0.4, -0.2) is 30.4 Å². The second-order valence-corrected chi connectivity index (χ2v) is 5.14. The van der Waals surface area contributed by atoms with Crippen molar-refractivity contribution in [2.75, 3.05) is 19.6 Å². The third-order valence-electron chi connectivity index (χ3n) is 3.57. The van der Waals surface area contributed by atoms with Crippen molar-refractivity contribution in [2.24, 2.45) is 5.10 Å². The maximum Gasteiger partial charge on any atom is 0.243 e. The molecule has 0 unspecified atom stereocenters. The highest BCUT2D eigenvalue weighted by Crippen LogP contribution is 2.23. The zero-order chi connectivity index (χ0) is 17.5. The second-order valence-electron chi connectivity index (χ2n) is 5.14. The molecule has 6 heteroatoms. The van der Waals surface area contributed by atoms with Crippen molar-refractivity contribution in [3.05, 3.63) is 66.5 Å². The minimum absolute atomic E-state index is 0.420. The Morgan fingerprint density at radius 2 is 1.68 bits per heavy atom. The van der Waals surface area contributed by atoms with E-state index in [1.165, 1.54) is 0 Å². The summed E-state index contributed by atoms with van der Waals surface area (Å²) in [5.41, 5.74) is 5.65. The summed E-state index contributed by atoms with van der Waals surface area (Å²) in [6.07, 6.45) is 5.16. The number of aromatic nitrogens is 2. The number of hydrogen-bond donors (Lipinski definition) is 1. The highest BCUT2D eigenvalue weighted by Gasteiger charge is 2.03. The minimum atomic E-state index is 0.420. The third kappa shape index (κ3) is 4.11. The van der Waals surface area contributed by atoms with Crippen LogP contribution in [0.25, 0.3) is 11.1 Å². The second kappa shape index (κ2) is 7.92. The Bertz CT molecular complexity index is 849. The molecule has 2 aromatic carbocycles. The Morgan fingerprint density at radius 1 is 0.920 bits per heavy atom. The van der Waals surface area contributed by atoms with Crippen LogP contribution < -0.4 is 14.9 Å². The topological polar surface area (TPSA) is 68.6 Å². The Hall–Kier alpha value is -3.41. The molecule has 0 amide bonds. The van der Waals surface area contributed by atoms with Gasteiger partial charge in [0.05, 0.1) is 20.4 Å². The first-order valence-electron chi connectivity index (χ1n) is 7.68. The Morgan fingerprint density at radius 3 is 2.36 bits per heavy atom. The summed E-state index contributed by atoms with van der Waals surface area (Å²) in [5.74, 6) is 1.82. The zero-order valence-electron chi connectivity index (χ0n) is 14.0. The van der Waals surface area contributed by atoms with Crippen molar-refractivity contribution in [1.29, 1.82) is 0 Å². The first-order valence-corrected chi connectivity index (χ1v) is 7.68. The van der Waals surface area contributed by atoms with Gasteiger partial charge < -0.3 is 9.47 Å². The maximum absolute atomic E-state index is 5.33. The molecular weight excluding hydrogens is 316 g/mol. The lowest BCUT2D eigenvalue weighted by Crippen LogP contribution is -1.98.